The van der Waals surface area contributed by atoms with E-state index >= 15 is 0 Å². The molecule has 4 N–H and O–H groups in total. The van der Waals surface area contributed by atoms with Crippen molar-refractivity contribution in [2.45, 2.75) is 12.8 Å². The Labute approximate surface area is 68.7 Å². The molecule has 1 aliphatic heterocycles. The number of imide groups is 1. The van der Waals surface area contributed by atoms with Crippen LogP contribution in [0.5, 0.6) is 0 Å². The van der Waals surface area contributed by atoms with Crippen LogP contribution in [0.4, 0.5) is 0 Å². The Balaban J connectivity index is 0.000000217. The van der Waals surface area contributed by atoms with Gasteiger partial charge in [0.1, 0.15) is 0 Å². The van der Waals surface area contributed by atoms with E-state index in [1.165, 1.54) is 0 Å². The molecule has 1 heterocycles. The smallest absolute Gasteiger partial charge is 0.317 e. The molecule has 0 aromatic rings. The molecule has 2 amide bonds. The number of hydrogen-bond acceptors (Lipinski definition) is 4. The highest BCUT2D eigenvalue weighted by Gasteiger charge is 2.15. The Bertz CT molecular complexity index is 188. The summed E-state index contributed by atoms with van der Waals surface area (Å²) >= 11 is 0. The molecular formula is C6H10N2O4. The molecule has 1 fully saturated rings. The molecule has 0 unspecified atom stereocenters. The van der Waals surface area contributed by atoms with Gasteiger partial charge in [0.15, 0.2) is 0 Å². The lowest BCUT2D eigenvalue weighted by Gasteiger charge is -1.79. The summed E-state index contributed by atoms with van der Waals surface area (Å²) in [4.78, 5) is 29.5. The van der Waals surface area contributed by atoms with Gasteiger partial charge in [-0.15, -0.1) is 0 Å². The molecule has 0 atom stereocenters. The van der Waals surface area contributed by atoms with Crippen LogP contribution < -0.4 is 11.1 Å². The van der Waals surface area contributed by atoms with Crippen LogP contribution in [0.25, 0.3) is 0 Å². The average molecular weight is 174 g/mol. The second kappa shape index (κ2) is 5.25. The van der Waals surface area contributed by atoms with Gasteiger partial charge in [-0.2, -0.15) is 0 Å². The van der Waals surface area contributed by atoms with Crippen molar-refractivity contribution in [1.82, 2.24) is 5.32 Å². The van der Waals surface area contributed by atoms with Gasteiger partial charge in [0, 0.05) is 12.8 Å². The van der Waals surface area contributed by atoms with Gasteiger partial charge in [0.2, 0.25) is 11.8 Å². The van der Waals surface area contributed by atoms with Crippen molar-refractivity contribution in [3.63, 3.8) is 0 Å². The topological polar surface area (TPSA) is 109 Å². The summed E-state index contributed by atoms with van der Waals surface area (Å²) in [5.74, 6) is -1.26. The van der Waals surface area contributed by atoms with Gasteiger partial charge in [-0.25, -0.2) is 0 Å². The molecule has 68 valence electrons. The predicted octanol–water partition coefficient (Wildman–Crippen LogP) is -1.55. The van der Waals surface area contributed by atoms with Crippen LogP contribution in [0, 0.1) is 0 Å². The van der Waals surface area contributed by atoms with Crippen LogP contribution in [0.1, 0.15) is 12.8 Å². The largest absolute Gasteiger partial charge is 0.480 e. The third-order valence-corrected chi connectivity index (χ3v) is 1.03. The zero-order valence-corrected chi connectivity index (χ0v) is 6.37. The summed E-state index contributed by atoms with van der Waals surface area (Å²) in [7, 11) is 0. The van der Waals surface area contributed by atoms with Crippen molar-refractivity contribution < 1.29 is 19.5 Å². The van der Waals surface area contributed by atoms with E-state index in [1.807, 2.05) is 0 Å². The van der Waals surface area contributed by atoms with Crippen molar-refractivity contribution in [2.75, 3.05) is 6.54 Å². The molecule has 0 saturated carbocycles. The number of carbonyl (C=O) groups is 3. The number of carbonyl (C=O) groups excluding carboxylic acids is 2. The Morgan fingerprint density at radius 2 is 1.75 bits per heavy atom. The molecule has 0 aliphatic carbocycles. The Hall–Kier alpha value is -1.43. The Morgan fingerprint density at radius 1 is 1.42 bits per heavy atom. The van der Waals surface area contributed by atoms with Gasteiger partial charge < -0.3 is 10.8 Å². The maximum Gasteiger partial charge on any atom is 0.317 e. The number of rotatable bonds is 1. The van der Waals surface area contributed by atoms with Crippen molar-refractivity contribution in [3.05, 3.63) is 0 Å². The number of carboxylic acids is 1. The monoisotopic (exact) mass is 174 g/mol. The van der Waals surface area contributed by atoms with E-state index in [9.17, 15) is 14.4 Å². The maximum absolute atomic E-state index is 10.1. The predicted molar refractivity (Wildman–Crippen MR) is 39.1 cm³/mol. The molecule has 0 spiro atoms. The molecule has 1 rings (SSSR count). The van der Waals surface area contributed by atoms with Crippen LogP contribution in [-0.4, -0.2) is 29.4 Å². The van der Waals surface area contributed by atoms with Gasteiger partial charge in [-0.1, -0.05) is 0 Å². The first-order valence-electron chi connectivity index (χ1n) is 3.30. The molecule has 0 radical (unpaired) electrons. The highest BCUT2D eigenvalue weighted by molar-refractivity contribution is 6.01. The lowest BCUT2D eigenvalue weighted by atomic mass is 10.4. The average Bonchev–Trinajstić information content (AvgIpc) is 2.36. The Kier molecular flexibility index (Phi) is 4.62. The van der Waals surface area contributed by atoms with E-state index in [-0.39, 0.29) is 18.4 Å². The first-order valence-corrected chi connectivity index (χ1v) is 3.30. The molecule has 6 heteroatoms. The van der Waals surface area contributed by atoms with Gasteiger partial charge in [-0.3, -0.25) is 19.7 Å². The fraction of sp³-hybridized carbons (Fsp3) is 0.500. The van der Waals surface area contributed by atoms with Crippen LogP contribution in [0.2, 0.25) is 0 Å². The zero-order chi connectivity index (χ0) is 9.56. The SMILES string of the molecule is NCC(=O)O.O=C1CCC(=O)N1. The molecule has 12 heavy (non-hydrogen) atoms. The third-order valence-electron chi connectivity index (χ3n) is 1.03. The summed E-state index contributed by atoms with van der Waals surface area (Å²) in [6.45, 7) is -0.278. The van der Waals surface area contributed by atoms with Crippen molar-refractivity contribution in [2.24, 2.45) is 5.73 Å². The first kappa shape index (κ1) is 10.6. The van der Waals surface area contributed by atoms with E-state index < -0.39 is 5.97 Å². The maximum atomic E-state index is 10.1. The number of nitrogens with one attached hydrogen (secondary N) is 1. The fourth-order valence-corrected chi connectivity index (χ4v) is 0.508. The van der Waals surface area contributed by atoms with Crippen molar-refractivity contribution in [3.8, 4) is 0 Å². The van der Waals surface area contributed by atoms with E-state index in [1.54, 1.807) is 0 Å². The standard InChI is InChI=1S/C4H5NO2.C2H5NO2/c6-3-1-2-4(7)5-3;3-1-2(4)5/h1-2H2,(H,5,6,7);1,3H2,(H,4,5). The lowest BCUT2D eigenvalue weighted by Crippen LogP contribution is -2.18. The molecule has 0 aromatic carbocycles. The van der Waals surface area contributed by atoms with Gasteiger partial charge in [0.25, 0.3) is 0 Å². The van der Waals surface area contributed by atoms with Gasteiger partial charge in [-0.05, 0) is 0 Å². The summed E-state index contributed by atoms with van der Waals surface area (Å²) < 4.78 is 0. The van der Waals surface area contributed by atoms with Crippen LogP contribution in [0.3, 0.4) is 0 Å². The second-order valence-electron chi connectivity index (χ2n) is 2.07. The van der Waals surface area contributed by atoms with Gasteiger partial charge in [0.05, 0.1) is 6.54 Å². The highest BCUT2D eigenvalue weighted by atomic mass is 16.4. The minimum Gasteiger partial charge on any atom is -0.480 e. The quantitative estimate of drug-likeness (QED) is 0.417. The minimum atomic E-state index is -0.968. The number of nitrogens with two attached hydrogens (primary N) is 1. The highest BCUT2D eigenvalue weighted by Crippen LogP contribution is 1.95. The fourth-order valence-electron chi connectivity index (χ4n) is 0.508. The summed E-state index contributed by atoms with van der Waals surface area (Å²) in [5, 5.41) is 9.74. The number of amides is 2. The number of carboxylic acid groups (broad SMARTS) is 1. The lowest BCUT2D eigenvalue weighted by molar-refractivity contribution is -0.135. The van der Waals surface area contributed by atoms with Crippen LogP contribution in [-0.2, 0) is 14.4 Å². The Morgan fingerprint density at radius 3 is 1.83 bits per heavy atom. The molecule has 1 saturated heterocycles. The van der Waals surface area contributed by atoms with E-state index in [4.69, 9.17) is 5.11 Å². The van der Waals surface area contributed by atoms with Crippen LogP contribution in [0.15, 0.2) is 0 Å². The molecule has 1 aliphatic rings. The van der Waals surface area contributed by atoms with Gasteiger partial charge >= 0.3 is 5.97 Å². The third kappa shape index (κ3) is 5.36. The van der Waals surface area contributed by atoms with E-state index in [0.29, 0.717) is 12.8 Å². The molecule has 0 aromatic heterocycles. The van der Waals surface area contributed by atoms with Crippen molar-refractivity contribution >= 4 is 17.8 Å². The summed E-state index contributed by atoms with van der Waals surface area (Å²) in [6, 6.07) is 0. The molecular weight excluding hydrogens is 164 g/mol. The summed E-state index contributed by atoms with van der Waals surface area (Å²) in [5.41, 5.74) is 4.57. The van der Waals surface area contributed by atoms with Crippen molar-refractivity contribution in [1.29, 1.82) is 0 Å². The van der Waals surface area contributed by atoms with E-state index in [0.717, 1.165) is 0 Å². The summed E-state index contributed by atoms with van der Waals surface area (Å²) in [6.07, 6.45) is 0.748. The van der Waals surface area contributed by atoms with Crippen LogP contribution >= 0.6 is 0 Å². The zero-order valence-electron chi connectivity index (χ0n) is 6.37. The van der Waals surface area contributed by atoms with E-state index in [2.05, 4.69) is 11.1 Å². The second-order valence-corrected chi connectivity index (χ2v) is 2.07. The normalized spacial score (nSPS) is 14.8. The number of hydrogen-bond donors (Lipinski definition) is 3. The minimum absolute atomic E-state index is 0.148. The number of aliphatic carboxylic acids is 1. The first-order chi connectivity index (χ1) is 5.56. The molecule has 6 nitrogen and oxygen atoms in total. The molecule has 0 bridgehead atoms.